The predicted octanol–water partition coefficient (Wildman–Crippen LogP) is 3.99. The lowest BCUT2D eigenvalue weighted by atomic mass is 9.13. The van der Waals surface area contributed by atoms with Gasteiger partial charge in [-0.15, -0.1) is 0 Å². The van der Waals surface area contributed by atoms with Crippen LogP contribution in [0, 0.1) is 20.8 Å². The fourth-order valence-corrected chi connectivity index (χ4v) is 4.46. The van der Waals surface area contributed by atoms with Crippen LogP contribution in [-0.4, -0.2) is 6.15 Å². The molecule has 0 saturated carbocycles. The second-order valence-corrected chi connectivity index (χ2v) is 8.01. The first-order chi connectivity index (χ1) is 13.6. The first-order valence-corrected chi connectivity index (χ1v) is 10.0. The van der Waals surface area contributed by atoms with Gasteiger partial charge in [-0.2, -0.15) is 21.9 Å². The maximum atomic E-state index is 2.31. The van der Waals surface area contributed by atoms with Crippen LogP contribution < -0.4 is 21.9 Å². The molecule has 28 heavy (non-hydrogen) atoms. The van der Waals surface area contributed by atoms with Crippen LogP contribution in [0.5, 0.6) is 0 Å². The molecule has 0 nitrogen and oxygen atoms in total. The molecule has 4 aromatic rings. The average molecular weight is 361 g/mol. The Bertz CT molecular complexity index is 933. The molecule has 0 aromatic heterocycles. The van der Waals surface area contributed by atoms with Gasteiger partial charge in [0.15, 0.2) is 0 Å². The molecule has 0 aliphatic rings. The van der Waals surface area contributed by atoms with E-state index in [1.54, 1.807) is 0 Å². The Morgan fingerprint density at radius 2 is 0.643 bits per heavy atom. The van der Waals surface area contributed by atoms with Crippen LogP contribution in [0.4, 0.5) is 0 Å². The summed E-state index contributed by atoms with van der Waals surface area (Å²) in [4.78, 5) is 0. The third-order valence-corrected chi connectivity index (χ3v) is 6.03. The SMILES string of the molecule is Cc1ccc([B-](c2ccccc2)(c2ccc(C)cc2)c2ccc(C)cc2)cc1. The highest BCUT2D eigenvalue weighted by Gasteiger charge is 2.31. The Morgan fingerprint density at radius 3 is 0.964 bits per heavy atom. The molecular weight excluding hydrogens is 335 g/mol. The van der Waals surface area contributed by atoms with Crippen molar-refractivity contribution in [2.75, 3.05) is 0 Å². The van der Waals surface area contributed by atoms with Crippen molar-refractivity contribution in [3.8, 4) is 0 Å². The summed E-state index contributed by atoms with van der Waals surface area (Å²) in [6, 6.07) is 38.2. The van der Waals surface area contributed by atoms with Gasteiger partial charge in [0.2, 0.25) is 0 Å². The van der Waals surface area contributed by atoms with Crippen molar-refractivity contribution in [3.05, 3.63) is 120 Å². The van der Waals surface area contributed by atoms with E-state index in [1.165, 1.54) is 38.5 Å². The summed E-state index contributed by atoms with van der Waals surface area (Å²) >= 11 is 0. The molecule has 0 bridgehead atoms. The van der Waals surface area contributed by atoms with Crippen LogP contribution >= 0.6 is 0 Å². The van der Waals surface area contributed by atoms with E-state index in [1.807, 2.05) is 0 Å². The van der Waals surface area contributed by atoms with Crippen LogP contribution in [0.2, 0.25) is 0 Å². The highest BCUT2D eigenvalue weighted by atomic mass is 14.1. The van der Waals surface area contributed by atoms with Gasteiger partial charge >= 0.3 is 0 Å². The normalized spacial score (nSPS) is 11.4. The maximum Gasteiger partial charge on any atom is 0.108 e. The fourth-order valence-electron chi connectivity index (χ4n) is 4.46. The van der Waals surface area contributed by atoms with Gasteiger partial charge in [-0.05, 0) is 20.8 Å². The molecule has 0 aliphatic heterocycles. The highest BCUT2D eigenvalue weighted by Crippen LogP contribution is 2.11. The molecule has 0 saturated heterocycles. The van der Waals surface area contributed by atoms with Gasteiger partial charge in [-0.1, -0.05) is 120 Å². The summed E-state index contributed by atoms with van der Waals surface area (Å²) in [5.74, 6) is 0. The zero-order valence-electron chi connectivity index (χ0n) is 16.9. The summed E-state index contributed by atoms with van der Waals surface area (Å²) in [5.41, 5.74) is 9.26. The van der Waals surface area contributed by atoms with Crippen molar-refractivity contribution in [2.24, 2.45) is 0 Å². The average Bonchev–Trinajstić information content (AvgIpc) is 2.73. The zero-order chi connectivity index (χ0) is 19.6. The second kappa shape index (κ2) is 7.52. The third-order valence-electron chi connectivity index (χ3n) is 6.03. The molecular formula is C27H26B-. The Balaban J connectivity index is 2.11. The van der Waals surface area contributed by atoms with Gasteiger partial charge in [0.05, 0.1) is 0 Å². The van der Waals surface area contributed by atoms with Crippen LogP contribution in [0.1, 0.15) is 16.7 Å². The molecule has 0 fully saturated rings. The quantitative estimate of drug-likeness (QED) is 0.482. The molecule has 0 amide bonds. The second-order valence-electron chi connectivity index (χ2n) is 8.01. The van der Waals surface area contributed by atoms with E-state index < -0.39 is 6.15 Å². The van der Waals surface area contributed by atoms with Crippen molar-refractivity contribution in [2.45, 2.75) is 20.8 Å². The van der Waals surface area contributed by atoms with E-state index in [0.717, 1.165) is 0 Å². The number of hydrogen-bond donors (Lipinski definition) is 0. The molecule has 0 N–H and O–H groups in total. The van der Waals surface area contributed by atoms with Crippen molar-refractivity contribution in [3.63, 3.8) is 0 Å². The van der Waals surface area contributed by atoms with Crippen LogP contribution in [0.15, 0.2) is 103 Å². The lowest BCUT2D eigenvalue weighted by molar-refractivity contribution is 1.47. The van der Waals surface area contributed by atoms with E-state index >= 15 is 0 Å². The number of aryl methyl sites for hydroxylation is 3. The van der Waals surface area contributed by atoms with Crippen LogP contribution in [-0.2, 0) is 0 Å². The molecule has 4 aromatic carbocycles. The topological polar surface area (TPSA) is 0 Å². The van der Waals surface area contributed by atoms with Crippen molar-refractivity contribution < 1.29 is 0 Å². The highest BCUT2D eigenvalue weighted by molar-refractivity contribution is 7.19. The van der Waals surface area contributed by atoms with Crippen LogP contribution in [0.3, 0.4) is 0 Å². The summed E-state index contributed by atoms with van der Waals surface area (Å²) in [6.07, 6.45) is -1.26. The van der Waals surface area contributed by atoms with E-state index in [4.69, 9.17) is 0 Å². The summed E-state index contributed by atoms with van der Waals surface area (Å²) in [5, 5.41) is 0. The molecule has 138 valence electrons. The third kappa shape index (κ3) is 3.18. The van der Waals surface area contributed by atoms with Gasteiger partial charge in [-0.3, -0.25) is 0 Å². The minimum Gasteiger partial charge on any atom is -0.195 e. The minimum absolute atomic E-state index is 1.26. The lowest BCUT2D eigenvalue weighted by Gasteiger charge is -2.44. The summed E-state index contributed by atoms with van der Waals surface area (Å²) in [6.45, 7) is 6.45. The van der Waals surface area contributed by atoms with Gasteiger partial charge in [0.25, 0.3) is 0 Å². The Hall–Kier alpha value is -3.06. The Morgan fingerprint density at radius 1 is 0.357 bits per heavy atom. The van der Waals surface area contributed by atoms with E-state index in [2.05, 4.69) is 124 Å². The van der Waals surface area contributed by atoms with Gasteiger partial charge in [-0.25, -0.2) is 0 Å². The minimum atomic E-state index is -1.26. The zero-order valence-corrected chi connectivity index (χ0v) is 16.9. The lowest BCUT2D eigenvalue weighted by Crippen LogP contribution is -2.74. The van der Waals surface area contributed by atoms with E-state index in [-0.39, 0.29) is 0 Å². The molecule has 0 spiro atoms. The monoisotopic (exact) mass is 361 g/mol. The standard InChI is InChI=1S/C27H26B/c1-21-9-15-25(16-10-21)28(24-7-5-4-6-8-24,26-17-11-22(2)12-18-26)27-19-13-23(3)14-20-27/h4-20H,1-3H3/q-1. The number of hydrogen-bond acceptors (Lipinski definition) is 0. The smallest absolute Gasteiger partial charge is 0.108 e. The summed E-state index contributed by atoms with van der Waals surface area (Å²) < 4.78 is 0. The first-order valence-electron chi connectivity index (χ1n) is 10.0. The Kier molecular flexibility index (Phi) is 4.92. The molecule has 4 rings (SSSR count). The first kappa shape index (κ1) is 18.3. The summed E-state index contributed by atoms with van der Waals surface area (Å²) in [7, 11) is 0. The predicted molar refractivity (Wildman–Crippen MR) is 124 cm³/mol. The van der Waals surface area contributed by atoms with Crippen LogP contribution in [0.25, 0.3) is 0 Å². The largest absolute Gasteiger partial charge is 0.195 e. The Labute approximate surface area is 168 Å². The molecule has 0 radical (unpaired) electrons. The fraction of sp³-hybridized carbons (Fsp3) is 0.111. The van der Waals surface area contributed by atoms with Crippen molar-refractivity contribution in [1.29, 1.82) is 0 Å². The number of benzene rings is 4. The van der Waals surface area contributed by atoms with Gasteiger partial charge in [0, 0.05) is 0 Å². The van der Waals surface area contributed by atoms with Gasteiger partial charge < -0.3 is 0 Å². The van der Waals surface area contributed by atoms with Crippen molar-refractivity contribution >= 4 is 28.0 Å². The van der Waals surface area contributed by atoms with E-state index in [0.29, 0.717) is 0 Å². The number of rotatable bonds is 4. The van der Waals surface area contributed by atoms with Crippen molar-refractivity contribution in [1.82, 2.24) is 0 Å². The molecule has 0 unspecified atom stereocenters. The van der Waals surface area contributed by atoms with E-state index in [9.17, 15) is 0 Å². The van der Waals surface area contributed by atoms with Gasteiger partial charge in [0.1, 0.15) is 6.15 Å². The molecule has 0 heterocycles. The molecule has 1 heteroatoms. The molecule has 0 aliphatic carbocycles. The maximum absolute atomic E-state index is 2.31. The molecule has 0 atom stereocenters.